The minimum Gasteiger partial charge on any atom is -0.497 e. The maximum Gasteiger partial charge on any atom is 0.355 e. The summed E-state index contributed by atoms with van der Waals surface area (Å²) in [7, 11) is 3.05. The summed E-state index contributed by atoms with van der Waals surface area (Å²) in [6, 6.07) is 15.3. The Morgan fingerprint density at radius 3 is 2.53 bits per heavy atom. The van der Waals surface area contributed by atoms with Crippen molar-refractivity contribution < 1.29 is 33.0 Å². The fourth-order valence-electron chi connectivity index (χ4n) is 4.07. The van der Waals surface area contributed by atoms with Gasteiger partial charge in [0.2, 0.25) is 0 Å². The summed E-state index contributed by atoms with van der Waals surface area (Å²) in [5.74, 6) is 0.721. The predicted octanol–water partition coefficient (Wildman–Crippen LogP) is 3.11. The molecule has 0 bridgehead atoms. The summed E-state index contributed by atoms with van der Waals surface area (Å²) < 4.78 is 27.2. The van der Waals surface area contributed by atoms with Crippen LogP contribution in [0.3, 0.4) is 0 Å². The number of rotatable bonds is 8. The van der Waals surface area contributed by atoms with Crippen LogP contribution in [0.4, 0.5) is 0 Å². The zero-order chi connectivity index (χ0) is 25.2. The van der Waals surface area contributed by atoms with Gasteiger partial charge in [0.1, 0.15) is 41.4 Å². The van der Waals surface area contributed by atoms with Crippen LogP contribution < -0.4 is 15.1 Å². The summed E-state index contributed by atoms with van der Waals surface area (Å²) in [5.41, 5.74) is 1.52. The summed E-state index contributed by atoms with van der Waals surface area (Å²) in [6.45, 7) is 0.0917. The molecule has 0 saturated carbocycles. The number of benzene rings is 2. The lowest BCUT2D eigenvalue weighted by Gasteiger charge is -2.48. The second-order valence-electron chi connectivity index (χ2n) is 8.19. The molecule has 186 valence electrons. The highest BCUT2D eigenvalue weighted by atomic mass is 32.2. The van der Waals surface area contributed by atoms with Crippen molar-refractivity contribution in [1.29, 1.82) is 0 Å². The topological polar surface area (TPSA) is 105 Å². The highest BCUT2D eigenvalue weighted by Crippen LogP contribution is 2.42. The van der Waals surface area contributed by atoms with E-state index in [0.717, 1.165) is 10.9 Å². The van der Waals surface area contributed by atoms with Crippen molar-refractivity contribution in [2.45, 2.75) is 18.1 Å². The Bertz CT molecular complexity index is 1400. The van der Waals surface area contributed by atoms with Gasteiger partial charge in [-0.1, -0.05) is 12.1 Å². The first-order chi connectivity index (χ1) is 17.5. The molecule has 2 aliphatic heterocycles. The average molecular weight is 510 g/mol. The van der Waals surface area contributed by atoms with Crippen molar-refractivity contribution in [2.24, 2.45) is 0 Å². The van der Waals surface area contributed by atoms with Crippen LogP contribution in [0.2, 0.25) is 0 Å². The maximum atomic E-state index is 13.2. The Kier molecular flexibility index (Phi) is 6.71. The summed E-state index contributed by atoms with van der Waals surface area (Å²) >= 11 is 1.50. The van der Waals surface area contributed by atoms with E-state index in [4.69, 9.17) is 23.4 Å². The number of amides is 1. The van der Waals surface area contributed by atoms with Crippen molar-refractivity contribution in [3.8, 4) is 11.5 Å². The van der Waals surface area contributed by atoms with E-state index in [2.05, 4.69) is 0 Å². The second-order valence-corrected chi connectivity index (χ2v) is 9.29. The van der Waals surface area contributed by atoms with Gasteiger partial charge >= 0.3 is 11.6 Å². The van der Waals surface area contributed by atoms with Gasteiger partial charge in [-0.3, -0.25) is 9.69 Å². The zero-order valence-corrected chi connectivity index (χ0v) is 20.4. The van der Waals surface area contributed by atoms with Gasteiger partial charge in [-0.25, -0.2) is 9.59 Å². The normalized spacial score (nSPS) is 19.1. The van der Waals surface area contributed by atoms with Gasteiger partial charge in [0.05, 0.1) is 7.11 Å². The Hall–Kier alpha value is -3.76. The van der Waals surface area contributed by atoms with Gasteiger partial charge < -0.3 is 23.4 Å². The first-order valence-electron chi connectivity index (χ1n) is 11.1. The number of hydrogen-bond donors (Lipinski definition) is 0. The average Bonchev–Trinajstić information content (AvgIpc) is 2.90. The second kappa shape index (κ2) is 10.1. The van der Waals surface area contributed by atoms with Crippen LogP contribution in [0.5, 0.6) is 11.5 Å². The number of carbonyl (C=O) groups excluding carboxylic acids is 2. The number of fused-ring (bicyclic) bond motifs is 2. The zero-order valence-electron chi connectivity index (χ0n) is 19.6. The molecule has 36 heavy (non-hydrogen) atoms. The van der Waals surface area contributed by atoms with E-state index in [1.54, 1.807) is 55.6 Å². The molecule has 1 fully saturated rings. The molecule has 2 aromatic carbocycles. The van der Waals surface area contributed by atoms with Crippen LogP contribution in [0, 0.1) is 0 Å². The molecule has 0 spiro atoms. The Balaban J connectivity index is 1.37. The molecule has 10 heteroatoms. The van der Waals surface area contributed by atoms with Crippen LogP contribution in [0.25, 0.3) is 11.0 Å². The largest absolute Gasteiger partial charge is 0.497 e. The van der Waals surface area contributed by atoms with Crippen molar-refractivity contribution in [2.75, 3.05) is 26.6 Å². The molecular formula is C26H23NO8S. The minimum atomic E-state index is -0.609. The van der Waals surface area contributed by atoms with Crippen LogP contribution in [0.15, 0.2) is 75.1 Å². The highest BCUT2D eigenvalue weighted by Gasteiger charge is 2.54. The van der Waals surface area contributed by atoms with E-state index in [1.165, 1.54) is 29.8 Å². The molecule has 1 saturated heterocycles. The lowest BCUT2D eigenvalue weighted by atomic mass is 10.1. The summed E-state index contributed by atoms with van der Waals surface area (Å²) in [4.78, 5) is 38.9. The van der Waals surface area contributed by atoms with Gasteiger partial charge in [-0.15, -0.1) is 11.8 Å². The number of esters is 1. The van der Waals surface area contributed by atoms with Crippen molar-refractivity contribution >= 4 is 34.6 Å². The van der Waals surface area contributed by atoms with Crippen molar-refractivity contribution in [1.82, 2.24) is 4.90 Å². The molecule has 1 aromatic heterocycles. The monoisotopic (exact) mass is 509 g/mol. The van der Waals surface area contributed by atoms with E-state index < -0.39 is 17.7 Å². The predicted molar refractivity (Wildman–Crippen MR) is 132 cm³/mol. The Morgan fingerprint density at radius 1 is 1.03 bits per heavy atom. The third kappa shape index (κ3) is 4.57. The third-order valence-corrected chi connectivity index (χ3v) is 7.30. The number of carbonyl (C=O) groups is 2. The lowest BCUT2D eigenvalue weighted by molar-refractivity contribution is -0.163. The van der Waals surface area contributed by atoms with Crippen molar-refractivity contribution in [3.63, 3.8) is 0 Å². The Morgan fingerprint density at radius 2 is 1.78 bits per heavy atom. The minimum absolute atomic E-state index is 0.0394. The molecule has 5 rings (SSSR count). The molecule has 2 atom stereocenters. The fourth-order valence-corrected chi connectivity index (χ4v) is 5.42. The number of β-lactam (4-membered cyclic amide) rings is 1. The number of thioether (sulfide) groups is 1. The molecule has 3 aromatic rings. The molecule has 2 aliphatic rings. The van der Waals surface area contributed by atoms with Gasteiger partial charge in [-0.2, -0.15) is 0 Å². The van der Waals surface area contributed by atoms with E-state index in [9.17, 15) is 14.4 Å². The molecular weight excluding hydrogens is 486 g/mol. The van der Waals surface area contributed by atoms with Crippen LogP contribution in [0.1, 0.15) is 5.56 Å². The van der Waals surface area contributed by atoms with Gasteiger partial charge in [0, 0.05) is 36.0 Å². The van der Waals surface area contributed by atoms with E-state index >= 15 is 0 Å². The lowest BCUT2D eigenvalue weighted by Crippen LogP contribution is -2.65. The van der Waals surface area contributed by atoms with Crippen LogP contribution in [-0.2, 0) is 25.7 Å². The standard InChI is InChI=1S/C26H23NO8S/c1-31-18-7-3-15(4-8-18)12-34-26(30)22-17(14-36-25-23(32-2)24(29)27(22)25)13-33-19-9-5-16-6-10-21(28)35-20(16)11-19/h3-11,23,25H,12-14H2,1-2H3/t23-,25-/m0/s1. The van der Waals surface area contributed by atoms with Crippen LogP contribution in [-0.4, -0.2) is 54.8 Å². The number of nitrogens with zero attached hydrogens (tertiary/aromatic N) is 1. The third-order valence-electron chi connectivity index (χ3n) is 5.98. The summed E-state index contributed by atoms with van der Waals surface area (Å²) in [5, 5.41) is 0.460. The number of ether oxygens (including phenoxy) is 4. The SMILES string of the molecule is COc1ccc(COC(=O)C2=C(COc3ccc4ccc(=O)oc4c3)CS[C@H]3[C@@H](OC)C(=O)N23)cc1. The first-order valence-corrected chi connectivity index (χ1v) is 12.2. The highest BCUT2D eigenvalue weighted by molar-refractivity contribution is 8.00. The molecule has 9 nitrogen and oxygen atoms in total. The quantitative estimate of drug-likeness (QED) is 0.257. The van der Waals surface area contributed by atoms with Crippen molar-refractivity contribution in [3.05, 3.63) is 81.9 Å². The van der Waals surface area contributed by atoms with Gasteiger partial charge in [-0.05, 0) is 35.9 Å². The molecule has 0 N–H and O–H groups in total. The van der Waals surface area contributed by atoms with E-state index in [1.807, 2.05) is 0 Å². The molecule has 1 amide bonds. The smallest absolute Gasteiger partial charge is 0.355 e. The van der Waals surface area contributed by atoms with Crippen LogP contribution >= 0.6 is 11.8 Å². The molecule has 3 heterocycles. The van der Waals surface area contributed by atoms with E-state index in [0.29, 0.717) is 28.4 Å². The molecule has 0 unspecified atom stereocenters. The fraction of sp³-hybridized carbons (Fsp3) is 0.269. The number of hydrogen-bond acceptors (Lipinski definition) is 9. The molecule has 0 aliphatic carbocycles. The van der Waals surface area contributed by atoms with Gasteiger partial charge in [0.25, 0.3) is 5.91 Å². The maximum absolute atomic E-state index is 13.2. The molecule has 0 radical (unpaired) electrons. The Labute approximate surface area is 210 Å². The van der Waals surface area contributed by atoms with Gasteiger partial charge in [0.15, 0.2) is 6.10 Å². The first kappa shape index (κ1) is 24.0. The van der Waals surface area contributed by atoms with E-state index in [-0.39, 0.29) is 30.2 Å². The number of methoxy groups -OCH3 is 2. The summed E-state index contributed by atoms with van der Waals surface area (Å²) in [6.07, 6.45) is -0.606.